The third-order valence-corrected chi connectivity index (χ3v) is 5.45. The number of anilines is 1. The molecule has 0 radical (unpaired) electrons. The fourth-order valence-corrected chi connectivity index (χ4v) is 3.96. The first-order valence-electron chi connectivity index (χ1n) is 9.71. The van der Waals surface area contributed by atoms with Crippen LogP contribution in [0.4, 0.5) is 5.69 Å². The van der Waals surface area contributed by atoms with E-state index < -0.39 is 0 Å². The molecule has 0 bridgehead atoms. The zero-order valence-corrected chi connectivity index (χ0v) is 16.2. The van der Waals surface area contributed by atoms with Crippen molar-refractivity contribution in [3.05, 3.63) is 42.0 Å². The summed E-state index contributed by atoms with van der Waals surface area (Å²) in [6, 6.07) is 12.0. The van der Waals surface area contributed by atoms with Crippen LogP contribution in [0.2, 0.25) is 0 Å². The largest absolute Gasteiger partial charge is 0.383 e. The second kappa shape index (κ2) is 8.26. The van der Waals surface area contributed by atoms with Crippen molar-refractivity contribution in [2.24, 2.45) is 0 Å². The molecule has 0 spiro atoms. The summed E-state index contributed by atoms with van der Waals surface area (Å²) in [7, 11) is 1.62. The molecule has 2 aliphatic heterocycles. The van der Waals surface area contributed by atoms with Gasteiger partial charge in [0, 0.05) is 50.8 Å². The van der Waals surface area contributed by atoms with E-state index in [0.717, 1.165) is 48.2 Å². The SMILES string of the molecule is COCCNC(=O)CN1CCN(CN2C(=O)c3cccc4cccc2c34)CC1. The predicted octanol–water partition coefficient (Wildman–Crippen LogP) is 1.14. The predicted molar refractivity (Wildman–Crippen MR) is 109 cm³/mol. The third-order valence-electron chi connectivity index (χ3n) is 5.45. The fraction of sp³-hybridized carbons (Fsp3) is 0.429. The van der Waals surface area contributed by atoms with Crippen molar-refractivity contribution in [1.82, 2.24) is 15.1 Å². The average Bonchev–Trinajstić information content (AvgIpc) is 2.98. The number of methoxy groups -OCH3 is 1. The van der Waals surface area contributed by atoms with Gasteiger partial charge in [-0.25, -0.2) is 0 Å². The van der Waals surface area contributed by atoms with Crippen LogP contribution in [0.1, 0.15) is 10.4 Å². The van der Waals surface area contributed by atoms with Crippen molar-refractivity contribution >= 4 is 28.3 Å². The number of hydrogen-bond acceptors (Lipinski definition) is 5. The van der Waals surface area contributed by atoms with E-state index >= 15 is 0 Å². The Hall–Kier alpha value is -2.48. The number of carbonyl (C=O) groups excluding carboxylic acids is 2. The number of nitrogens with zero attached hydrogens (tertiary/aromatic N) is 3. The average molecular weight is 382 g/mol. The number of nitrogens with one attached hydrogen (secondary N) is 1. The van der Waals surface area contributed by atoms with Gasteiger partial charge in [-0.2, -0.15) is 0 Å². The molecule has 4 rings (SSSR count). The quantitative estimate of drug-likeness (QED) is 0.728. The second-order valence-electron chi connectivity index (χ2n) is 7.29. The molecule has 1 fully saturated rings. The molecule has 7 heteroatoms. The zero-order chi connectivity index (χ0) is 19.5. The molecule has 7 nitrogen and oxygen atoms in total. The van der Waals surface area contributed by atoms with Gasteiger partial charge in [0.1, 0.15) is 0 Å². The molecular formula is C21H26N4O3. The van der Waals surface area contributed by atoms with Gasteiger partial charge in [-0.15, -0.1) is 0 Å². The van der Waals surface area contributed by atoms with E-state index in [1.807, 2.05) is 29.2 Å². The number of hydrogen-bond donors (Lipinski definition) is 1. The molecule has 2 aliphatic rings. The lowest BCUT2D eigenvalue weighted by Gasteiger charge is -2.36. The Morgan fingerprint density at radius 3 is 2.54 bits per heavy atom. The van der Waals surface area contributed by atoms with Gasteiger partial charge in [0.15, 0.2) is 0 Å². The number of carbonyl (C=O) groups is 2. The fourth-order valence-electron chi connectivity index (χ4n) is 3.96. The molecule has 0 aromatic heterocycles. The van der Waals surface area contributed by atoms with Gasteiger partial charge in [-0.05, 0) is 17.5 Å². The summed E-state index contributed by atoms with van der Waals surface area (Å²) in [5.74, 6) is 0.106. The van der Waals surface area contributed by atoms with E-state index in [-0.39, 0.29) is 11.8 Å². The first kappa shape index (κ1) is 18.9. The lowest BCUT2D eigenvalue weighted by molar-refractivity contribution is -0.122. The van der Waals surface area contributed by atoms with Crippen LogP contribution < -0.4 is 10.2 Å². The Morgan fingerprint density at radius 2 is 1.79 bits per heavy atom. The van der Waals surface area contributed by atoms with E-state index in [4.69, 9.17) is 4.74 Å². The lowest BCUT2D eigenvalue weighted by atomic mass is 10.1. The minimum Gasteiger partial charge on any atom is -0.383 e. The molecule has 28 heavy (non-hydrogen) atoms. The molecule has 2 amide bonds. The Labute approximate surface area is 164 Å². The van der Waals surface area contributed by atoms with Crippen LogP contribution in [0.25, 0.3) is 10.8 Å². The van der Waals surface area contributed by atoms with Crippen molar-refractivity contribution in [3.8, 4) is 0 Å². The summed E-state index contributed by atoms with van der Waals surface area (Å²) in [4.78, 5) is 31.2. The summed E-state index contributed by atoms with van der Waals surface area (Å²) in [5, 5.41) is 5.02. The highest BCUT2D eigenvalue weighted by Gasteiger charge is 2.31. The number of ether oxygens (including phenoxy) is 1. The number of piperazine rings is 1. The van der Waals surface area contributed by atoms with Gasteiger partial charge in [0.05, 0.1) is 25.5 Å². The maximum Gasteiger partial charge on any atom is 0.260 e. The summed E-state index contributed by atoms with van der Waals surface area (Å²) in [6.07, 6.45) is 0. The summed E-state index contributed by atoms with van der Waals surface area (Å²) in [5.41, 5.74) is 1.79. The van der Waals surface area contributed by atoms with Gasteiger partial charge in [-0.1, -0.05) is 24.3 Å². The van der Waals surface area contributed by atoms with Crippen LogP contribution in [0.15, 0.2) is 36.4 Å². The molecule has 1 N–H and O–H groups in total. The maximum atomic E-state index is 12.9. The molecular weight excluding hydrogens is 356 g/mol. The Morgan fingerprint density at radius 1 is 1.07 bits per heavy atom. The molecule has 0 saturated carbocycles. The van der Waals surface area contributed by atoms with Crippen molar-refractivity contribution in [1.29, 1.82) is 0 Å². The molecule has 148 valence electrons. The van der Waals surface area contributed by atoms with Gasteiger partial charge in [0.2, 0.25) is 5.91 Å². The Kier molecular flexibility index (Phi) is 5.57. The zero-order valence-electron chi connectivity index (χ0n) is 16.2. The highest BCUT2D eigenvalue weighted by Crippen LogP contribution is 2.37. The summed E-state index contributed by atoms with van der Waals surface area (Å²) in [6.45, 7) is 5.36. The smallest absolute Gasteiger partial charge is 0.260 e. The van der Waals surface area contributed by atoms with E-state index in [9.17, 15) is 9.59 Å². The molecule has 1 saturated heterocycles. The van der Waals surface area contributed by atoms with Gasteiger partial charge in [-0.3, -0.25) is 24.3 Å². The van der Waals surface area contributed by atoms with Gasteiger partial charge in [0.25, 0.3) is 5.91 Å². The third kappa shape index (κ3) is 3.73. The van der Waals surface area contributed by atoms with Crippen LogP contribution in [0, 0.1) is 0 Å². The van der Waals surface area contributed by atoms with Crippen LogP contribution in [0.3, 0.4) is 0 Å². The topological polar surface area (TPSA) is 65.1 Å². The monoisotopic (exact) mass is 382 g/mol. The standard InChI is InChI=1S/C21H26N4O3/c1-28-13-8-22-19(26)14-23-9-11-24(12-10-23)15-25-18-7-3-5-16-4-2-6-17(20(16)18)21(25)27/h2-7H,8-15H2,1H3,(H,22,26). The summed E-state index contributed by atoms with van der Waals surface area (Å²) >= 11 is 0. The van der Waals surface area contributed by atoms with Gasteiger partial charge >= 0.3 is 0 Å². The molecule has 2 aromatic rings. The maximum absolute atomic E-state index is 12.9. The molecule has 0 atom stereocenters. The van der Waals surface area contributed by atoms with Crippen molar-refractivity contribution < 1.29 is 14.3 Å². The molecule has 2 heterocycles. The van der Waals surface area contributed by atoms with Gasteiger partial charge < -0.3 is 10.1 Å². The Balaban J connectivity index is 1.33. The van der Waals surface area contributed by atoms with E-state index in [0.29, 0.717) is 26.4 Å². The van der Waals surface area contributed by atoms with Crippen molar-refractivity contribution in [2.75, 3.05) is 64.6 Å². The number of amides is 2. The lowest BCUT2D eigenvalue weighted by Crippen LogP contribution is -2.52. The van der Waals surface area contributed by atoms with Crippen molar-refractivity contribution in [3.63, 3.8) is 0 Å². The minimum atomic E-state index is 0.0300. The highest BCUT2D eigenvalue weighted by atomic mass is 16.5. The first-order valence-corrected chi connectivity index (χ1v) is 9.71. The van der Waals surface area contributed by atoms with Crippen LogP contribution >= 0.6 is 0 Å². The van der Waals surface area contributed by atoms with E-state index in [2.05, 4.69) is 27.2 Å². The minimum absolute atomic E-state index is 0.0300. The molecule has 2 aromatic carbocycles. The number of rotatable bonds is 7. The Bertz CT molecular complexity index is 872. The van der Waals surface area contributed by atoms with Crippen LogP contribution in [-0.2, 0) is 9.53 Å². The van der Waals surface area contributed by atoms with Crippen LogP contribution in [-0.4, -0.2) is 81.3 Å². The van der Waals surface area contributed by atoms with E-state index in [1.165, 1.54) is 0 Å². The molecule has 0 aliphatic carbocycles. The van der Waals surface area contributed by atoms with Crippen LogP contribution in [0.5, 0.6) is 0 Å². The summed E-state index contributed by atoms with van der Waals surface area (Å²) < 4.78 is 4.95. The highest BCUT2D eigenvalue weighted by molar-refractivity contribution is 6.24. The normalized spacial score (nSPS) is 17.5. The second-order valence-corrected chi connectivity index (χ2v) is 7.29. The van der Waals surface area contributed by atoms with Crippen molar-refractivity contribution in [2.45, 2.75) is 0 Å². The van der Waals surface area contributed by atoms with E-state index in [1.54, 1.807) is 7.11 Å². The molecule has 0 unspecified atom stereocenters. The first-order chi connectivity index (χ1) is 13.7. The number of benzene rings is 2.